The molecular weight excluding hydrogens is 450 g/mol. The van der Waals surface area contributed by atoms with Gasteiger partial charge in [0.25, 0.3) is 5.91 Å². The number of carbonyl (C=O) groups is 2. The highest BCUT2D eigenvalue weighted by atomic mass is 16.3. The summed E-state index contributed by atoms with van der Waals surface area (Å²) in [6.45, 7) is 2.03. The summed E-state index contributed by atoms with van der Waals surface area (Å²) in [5.74, 6) is -0.639. The number of amides is 2. The molecule has 5 rings (SSSR count). The topological polar surface area (TPSA) is 87.1 Å². The van der Waals surface area contributed by atoms with Crippen molar-refractivity contribution in [2.24, 2.45) is 0 Å². The molecule has 2 aromatic heterocycles. The number of para-hydroxylation sites is 1. The normalized spacial score (nSPS) is 12.7. The SMILES string of the molecule is C[C@@H](NC(=O)c1ccco1)C(=O)NC[C@H](c1ccccc1)c1c(-c2ccccc2)[nH]c2ccccc12. The van der Waals surface area contributed by atoms with Crippen molar-refractivity contribution >= 4 is 22.7 Å². The van der Waals surface area contributed by atoms with E-state index in [4.69, 9.17) is 4.42 Å². The molecule has 0 saturated heterocycles. The lowest BCUT2D eigenvalue weighted by atomic mass is 9.87. The van der Waals surface area contributed by atoms with E-state index in [2.05, 4.69) is 52.0 Å². The summed E-state index contributed by atoms with van der Waals surface area (Å²) in [4.78, 5) is 28.9. The lowest BCUT2D eigenvalue weighted by Gasteiger charge is -2.22. The molecule has 0 saturated carbocycles. The molecule has 0 bridgehead atoms. The first-order valence-electron chi connectivity index (χ1n) is 11.9. The number of fused-ring (bicyclic) bond motifs is 1. The van der Waals surface area contributed by atoms with Crippen LogP contribution in [-0.2, 0) is 4.79 Å². The van der Waals surface area contributed by atoms with Crippen LogP contribution in [0.2, 0.25) is 0 Å². The average molecular weight is 478 g/mol. The zero-order valence-corrected chi connectivity index (χ0v) is 19.9. The van der Waals surface area contributed by atoms with Crippen molar-refractivity contribution in [1.82, 2.24) is 15.6 Å². The highest BCUT2D eigenvalue weighted by Crippen LogP contribution is 2.38. The van der Waals surface area contributed by atoms with Gasteiger partial charge in [0.15, 0.2) is 5.76 Å². The predicted octanol–water partition coefficient (Wildman–Crippen LogP) is 5.49. The van der Waals surface area contributed by atoms with E-state index in [9.17, 15) is 9.59 Å². The first kappa shape index (κ1) is 23.2. The summed E-state index contributed by atoms with van der Waals surface area (Å²) in [5.41, 5.74) is 5.36. The minimum atomic E-state index is -0.726. The number of aromatic amines is 1. The maximum atomic E-state index is 13.0. The van der Waals surface area contributed by atoms with Crippen LogP contribution >= 0.6 is 0 Å². The number of rotatable bonds is 8. The molecule has 5 aromatic rings. The van der Waals surface area contributed by atoms with Gasteiger partial charge in [-0.15, -0.1) is 0 Å². The van der Waals surface area contributed by atoms with E-state index < -0.39 is 11.9 Å². The number of nitrogens with one attached hydrogen (secondary N) is 3. The van der Waals surface area contributed by atoms with Crippen LogP contribution in [0, 0.1) is 0 Å². The van der Waals surface area contributed by atoms with E-state index in [0.717, 1.165) is 33.3 Å². The quantitative estimate of drug-likeness (QED) is 0.276. The van der Waals surface area contributed by atoms with Crippen LogP contribution in [0.5, 0.6) is 0 Å². The summed E-state index contributed by atoms with van der Waals surface area (Å²) < 4.78 is 5.13. The Hall–Kier alpha value is -4.58. The van der Waals surface area contributed by atoms with Crippen LogP contribution in [0.15, 0.2) is 108 Å². The fourth-order valence-electron chi connectivity index (χ4n) is 4.53. The van der Waals surface area contributed by atoms with E-state index in [1.165, 1.54) is 6.26 Å². The molecule has 0 aliphatic rings. The van der Waals surface area contributed by atoms with Crippen molar-refractivity contribution in [3.05, 3.63) is 120 Å². The van der Waals surface area contributed by atoms with Crippen molar-refractivity contribution in [3.8, 4) is 11.3 Å². The molecule has 2 heterocycles. The summed E-state index contributed by atoms with van der Waals surface area (Å²) in [5, 5.41) is 6.87. The largest absolute Gasteiger partial charge is 0.459 e. The first-order chi connectivity index (χ1) is 17.6. The van der Waals surface area contributed by atoms with Crippen molar-refractivity contribution < 1.29 is 14.0 Å². The fraction of sp³-hybridized carbons (Fsp3) is 0.133. The van der Waals surface area contributed by atoms with E-state index in [-0.39, 0.29) is 17.6 Å². The maximum Gasteiger partial charge on any atom is 0.287 e. The Labute approximate surface area is 209 Å². The van der Waals surface area contributed by atoms with Crippen molar-refractivity contribution in [1.29, 1.82) is 0 Å². The highest BCUT2D eigenvalue weighted by Gasteiger charge is 2.25. The number of hydrogen-bond donors (Lipinski definition) is 3. The molecule has 2 amide bonds. The molecule has 36 heavy (non-hydrogen) atoms. The molecule has 0 aliphatic carbocycles. The zero-order valence-electron chi connectivity index (χ0n) is 19.9. The van der Waals surface area contributed by atoms with Gasteiger partial charge < -0.3 is 20.0 Å². The van der Waals surface area contributed by atoms with Crippen molar-refractivity contribution in [2.75, 3.05) is 6.54 Å². The van der Waals surface area contributed by atoms with Gasteiger partial charge in [0.05, 0.1) is 12.0 Å². The van der Waals surface area contributed by atoms with Gasteiger partial charge in [-0.05, 0) is 41.8 Å². The molecule has 0 unspecified atom stereocenters. The Morgan fingerprint density at radius 2 is 1.56 bits per heavy atom. The summed E-state index contributed by atoms with van der Waals surface area (Å²) >= 11 is 0. The van der Waals surface area contributed by atoms with E-state index in [0.29, 0.717) is 6.54 Å². The molecule has 6 heteroatoms. The lowest BCUT2D eigenvalue weighted by molar-refractivity contribution is -0.122. The Balaban J connectivity index is 1.47. The number of H-pyrrole nitrogens is 1. The van der Waals surface area contributed by atoms with Crippen LogP contribution < -0.4 is 10.6 Å². The minimum absolute atomic E-state index is 0.116. The van der Waals surface area contributed by atoms with Gasteiger partial charge >= 0.3 is 0 Å². The second-order valence-electron chi connectivity index (χ2n) is 8.71. The molecule has 6 nitrogen and oxygen atoms in total. The smallest absolute Gasteiger partial charge is 0.287 e. The highest BCUT2D eigenvalue weighted by molar-refractivity contribution is 5.95. The number of benzene rings is 3. The van der Waals surface area contributed by atoms with Crippen LogP contribution in [-0.4, -0.2) is 29.4 Å². The van der Waals surface area contributed by atoms with Gasteiger partial charge in [-0.25, -0.2) is 0 Å². The maximum absolute atomic E-state index is 13.0. The first-order valence-corrected chi connectivity index (χ1v) is 11.9. The molecule has 0 aliphatic heterocycles. The molecule has 180 valence electrons. The third-order valence-electron chi connectivity index (χ3n) is 6.33. The van der Waals surface area contributed by atoms with Crippen LogP contribution in [0.25, 0.3) is 22.2 Å². The standard InChI is InChI=1S/C30H27N3O3/c1-20(32-30(35)26-17-10-18-36-26)29(34)31-19-24(21-11-4-2-5-12-21)27-23-15-8-9-16-25(23)33-28(27)22-13-6-3-7-14-22/h2-18,20,24,33H,19H2,1H3,(H,31,34)(H,32,35)/t20-,24-/m1/s1. The Bertz CT molecular complexity index is 1460. The van der Waals surface area contributed by atoms with E-state index in [1.54, 1.807) is 19.1 Å². The molecule has 0 fully saturated rings. The Kier molecular flexibility index (Phi) is 6.67. The van der Waals surface area contributed by atoms with E-state index in [1.807, 2.05) is 48.5 Å². The number of furan rings is 1. The average Bonchev–Trinajstić information content (AvgIpc) is 3.59. The molecule has 3 N–H and O–H groups in total. The third kappa shape index (κ3) is 4.79. The molecule has 0 radical (unpaired) electrons. The molecule has 0 spiro atoms. The van der Waals surface area contributed by atoms with Gasteiger partial charge in [-0.3, -0.25) is 9.59 Å². The Morgan fingerprint density at radius 3 is 2.28 bits per heavy atom. The summed E-state index contributed by atoms with van der Waals surface area (Å²) in [6, 6.07) is 31.1. The monoisotopic (exact) mass is 477 g/mol. The number of aromatic nitrogens is 1. The van der Waals surface area contributed by atoms with Gasteiger partial charge in [-0.2, -0.15) is 0 Å². The lowest BCUT2D eigenvalue weighted by Crippen LogP contribution is -2.45. The van der Waals surface area contributed by atoms with Crippen LogP contribution in [0.3, 0.4) is 0 Å². The van der Waals surface area contributed by atoms with Crippen LogP contribution in [0.1, 0.15) is 34.5 Å². The van der Waals surface area contributed by atoms with Gasteiger partial charge in [0.2, 0.25) is 5.91 Å². The predicted molar refractivity (Wildman–Crippen MR) is 141 cm³/mol. The zero-order chi connectivity index (χ0) is 24.9. The fourth-order valence-corrected chi connectivity index (χ4v) is 4.53. The van der Waals surface area contributed by atoms with Crippen molar-refractivity contribution in [2.45, 2.75) is 18.9 Å². The minimum Gasteiger partial charge on any atom is -0.459 e. The second-order valence-corrected chi connectivity index (χ2v) is 8.71. The van der Waals surface area contributed by atoms with E-state index >= 15 is 0 Å². The van der Waals surface area contributed by atoms with Gasteiger partial charge in [-0.1, -0.05) is 78.9 Å². The second kappa shape index (κ2) is 10.4. The van der Waals surface area contributed by atoms with Gasteiger partial charge in [0, 0.05) is 23.4 Å². The summed E-state index contributed by atoms with van der Waals surface area (Å²) in [7, 11) is 0. The van der Waals surface area contributed by atoms with Crippen molar-refractivity contribution in [3.63, 3.8) is 0 Å². The Morgan fingerprint density at radius 1 is 0.861 bits per heavy atom. The number of hydrogen-bond acceptors (Lipinski definition) is 3. The van der Waals surface area contributed by atoms with Gasteiger partial charge in [0.1, 0.15) is 6.04 Å². The molecular formula is C30H27N3O3. The third-order valence-corrected chi connectivity index (χ3v) is 6.33. The molecule has 2 atom stereocenters. The summed E-state index contributed by atoms with van der Waals surface area (Å²) in [6.07, 6.45) is 1.43. The molecule has 3 aromatic carbocycles. The number of carbonyl (C=O) groups excluding carboxylic acids is 2. The van der Waals surface area contributed by atoms with Crippen LogP contribution in [0.4, 0.5) is 0 Å².